The molecule has 0 radical (unpaired) electrons. The summed E-state index contributed by atoms with van der Waals surface area (Å²) in [6.07, 6.45) is 2.40. The molecule has 3 rings (SSSR count). The average Bonchev–Trinajstić information content (AvgIpc) is 2.67. The summed E-state index contributed by atoms with van der Waals surface area (Å²) in [5, 5.41) is 0. The van der Waals surface area contributed by atoms with Crippen LogP contribution in [0.15, 0.2) is 24.3 Å². The van der Waals surface area contributed by atoms with E-state index in [9.17, 15) is 13.2 Å². The Hall–Kier alpha value is -2.00. The van der Waals surface area contributed by atoms with Crippen molar-refractivity contribution in [3.63, 3.8) is 0 Å². The highest BCUT2D eigenvalue weighted by Crippen LogP contribution is 2.31. The molecule has 0 aliphatic carbocycles. The highest BCUT2D eigenvalue weighted by atomic mass is 32.2. The topological polar surface area (TPSA) is 79.4 Å². The van der Waals surface area contributed by atoms with Gasteiger partial charge in [-0.1, -0.05) is 12.1 Å². The summed E-state index contributed by atoms with van der Waals surface area (Å²) < 4.78 is 37.0. The fraction of sp³-hybridized carbons (Fsp3) is 0.667. The Kier molecular flexibility index (Phi) is 6.81. The maximum atomic E-state index is 12.3. The van der Waals surface area contributed by atoms with E-state index in [1.165, 1.54) is 10.6 Å². The van der Waals surface area contributed by atoms with E-state index in [0.717, 1.165) is 24.3 Å². The standard InChI is InChI=1S/C21H33N3O5S/c1-21(2,3)29-20(25)23-14-12-22(13-15-23)18-9-5-6-10-19(18)28-17-8-7-11-24(16-17)30(4,26)27/h5-6,9-10,17H,7-8,11-16H2,1-4H3. The van der Waals surface area contributed by atoms with Crippen LogP contribution in [-0.4, -0.2) is 80.9 Å². The van der Waals surface area contributed by atoms with Gasteiger partial charge in [-0.25, -0.2) is 13.2 Å². The third kappa shape index (κ3) is 6.01. The van der Waals surface area contributed by atoms with Crippen molar-refractivity contribution in [1.82, 2.24) is 9.21 Å². The lowest BCUT2D eigenvalue weighted by molar-refractivity contribution is 0.0240. The number of hydrogen-bond acceptors (Lipinski definition) is 6. The van der Waals surface area contributed by atoms with Crippen LogP contribution < -0.4 is 9.64 Å². The number of nitrogens with zero attached hydrogens (tertiary/aromatic N) is 3. The second-order valence-electron chi connectivity index (χ2n) is 8.93. The molecule has 0 bridgehead atoms. The van der Waals surface area contributed by atoms with Gasteiger partial charge in [-0.15, -0.1) is 0 Å². The van der Waals surface area contributed by atoms with Crippen molar-refractivity contribution in [3.05, 3.63) is 24.3 Å². The molecule has 1 unspecified atom stereocenters. The SMILES string of the molecule is CC(C)(C)OC(=O)N1CCN(c2ccccc2OC2CCCN(S(C)(=O)=O)C2)CC1. The van der Waals surface area contributed by atoms with Crippen molar-refractivity contribution in [2.75, 3.05) is 50.4 Å². The van der Waals surface area contributed by atoms with Crippen LogP contribution in [-0.2, 0) is 14.8 Å². The van der Waals surface area contributed by atoms with Gasteiger partial charge in [-0.2, -0.15) is 4.31 Å². The molecule has 2 aliphatic rings. The Bertz CT molecular complexity index is 844. The normalized spacial score (nSPS) is 21.4. The summed E-state index contributed by atoms with van der Waals surface area (Å²) in [5.74, 6) is 0.753. The molecular formula is C21H33N3O5S. The number of para-hydroxylation sites is 2. The Labute approximate surface area is 179 Å². The lowest BCUT2D eigenvalue weighted by atomic mass is 10.1. The molecule has 30 heavy (non-hydrogen) atoms. The van der Waals surface area contributed by atoms with Gasteiger partial charge >= 0.3 is 6.09 Å². The number of carbonyl (C=O) groups is 1. The molecule has 9 heteroatoms. The van der Waals surface area contributed by atoms with Crippen LogP contribution in [0.2, 0.25) is 0 Å². The minimum absolute atomic E-state index is 0.169. The maximum Gasteiger partial charge on any atom is 0.410 e. The van der Waals surface area contributed by atoms with E-state index in [1.54, 1.807) is 4.90 Å². The van der Waals surface area contributed by atoms with Crippen LogP contribution in [0, 0.1) is 0 Å². The summed E-state index contributed by atoms with van der Waals surface area (Å²) in [6, 6.07) is 7.82. The fourth-order valence-corrected chi connectivity index (χ4v) is 4.65. The Balaban J connectivity index is 1.63. The van der Waals surface area contributed by atoms with Crippen molar-refractivity contribution in [2.45, 2.75) is 45.3 Å². The molecule has 0 saturated carbocycles. The minimum atomic E-state index is -3.22. The molecule has 2 aliphatic heterocycles. The van der Waals surface area contributed by atoms with Gasteiger partial charge in [0, 0.05) is 32.7 Å². The van der Waals surface area contributed by atoms with Crippen LogP contribution in [0.3, 0.4) is 0 Å². The number of rotatable bonds is 4. The lowest BCUT2D eigenvalue weighted by Crippen LogP contribution is -2.50. The second-order valence-corrected chi connectivity index (χ2v) is 10.9. The van der Waals surface area contributed by atoms with Crippen molar-refractivity contribution in [1.29, 1.82) is 0 Å². The number of carbonyl (C=O) groups excluding carboxylic acids is 1. The average molecular weight is 440 g/mol. The molecule has 168 valence electrons. The Morgan fingerprint density at radius 1 is 1.07 bits per heavy atom. The van der Waals surface area contributed by atoms with Gasteiger partial charge in [0.2, 0.25) is 10.0 Å². The first kappa shape index (κ1) is 22.7. The second kappa shape index (κ2) is 9.01. The van der Waals surface area contributed by atoms with Gasteiger partial charge < -0.3 is 19.3 Å². The van der Waals surface area contributed by atoms with Crippen LogP contribution in [0.4, 0.5) is 10.5 Å². The van der Waals surface area contributed by atoms with E-state index >= 15 is 0 Å². The quantitative estimate of drug-likeness (QED) is 0.717. The number of ether oxygens (including phenoxy) is 2. The largest absolute Gasteiger partial charge is 0.487 e. The van der Waals surface area contributed by atoms with Gasteiger partial charge in [-0.05, 0) is 45.7 Å². The van der Waals surface area contributed by atoms with Gasteiger partial charge in [0.15, 0.2) is 0 Å². The molecule has 1 aromatic rings. The first-order valence-electron chi connectivity index (χ1n) is 10.5. The first-order chi connectivity index (χ1) is 14.0. The predicted octanol–water partition coefficient (Wildman–Crippen LogP) is 2.55. The van der Waals surface area contributed by atoms with Gasteiger partial charge in [-0.3, -0.25) is 0 Å². The minimum Gasteiger partial charge on any atom is -0.487 e. The number of benzene rings is 1. The third-order valence-corrected chi connectivity index (χ3v) is 6.51. The van der Waals surface area contributed by atoms with Crippen LogP contribution in [0.5, 0.6) is 5.75 Å². The van der Waals surface area contributed by atoms with E-state index in [4.69, 9.17) is 9.47 Å². The van der Waals surface area contributed by atoms with Crippen molar-refractivity contribution in [3.8, 4) is 5.75 Å². The monoisotopic (exact) mass is 439 g/mol. The van der Waals surface area contributed by atoms with Crippen LogP contribution in [0.1, 0.15) is 33.6 Å². The number of piperazine rings is 1. The summed E-state index contributed by atoms with van der Waals surface area (Å²) in [7, 11) is -3.22. The summed E-state index contributed by atoms with van der Waals surface area (Å²) in [4.78, 5) is 16.2. The highest BCUT2D eigenvalue weighted by Gasteiger charge is 2.29. The number of hydrogen-bond donors (Lipinski definition) is 0. The molecular weight excluding hydrogens is 406 g/mol. The third-order valence-electron chi connectivity index (χ3n) is 5.24. The molecule has 0 aromatic heterocycles. The zero-order chi connectivity index (χ0) is 21.9. The van der Waals surface area contributed by atoms with Gasteiger partial charge in [0.25, 0.3) is 0 Å². The predicted molar refractivity (Wildman–Crippen MR) is 117 cm³/mol. The maximum absolute atomic E-state index is 12.3. The summed E-state index contributed by atoms with van der Waals surface area (Å²) in [5.41, 5.74) is 0.465. The van der Waals surface area contributed by atoms with Gasteiger partial charge in [0.1, 0.15) is 17.5 Å². The van der Waals surface area contributed by atoms with Crippen molar-refractivity contribution < 1.29 is 22.7 Å². The molecule has 1 amide bonds. The zero-order valence-corrected chi connectivity index (χ0v) is 19.2. The lowest BCUT2D eigenvalue weighted by Gasteiger charge is -2.38. The van der Waals surface area contributed by atoms with Crippen LogP contribution >= 0.6 is 0 Å². The molecule has 2 fully saturated rings. The number of amides is 1. The van der Waals surface area contributed by atoms with E-state index in [2.05, 4.69) is 4.90 Å². The zero-order valence-electron chi connectivity index (χ0n) is 18.3. The molecule has 1 aromatic carbocycles. The first-order valence-corrected chi connectivity index (χ1v) is 12.3. The Morgan fingerprint density at radius 2 is 1.73 bits per heavy atom. The highest BCUT2D eigenvalue weighted by molar-refractivity contribution is 7.88. The van der Waals surface area contributed by atoms with E-state index in [0.29, 0.717) is 39.3 Å². The smallest absolute Gasteiger partial charge is 0.410 e. The van der Waals surface area contributed by atoms with E-state index in [-0.39, 0.29) is 12.2 Å². The van der Waals surface area contributed by atoms with E-state index < -0.39 is 15.6 Å². The Morgan fingerprint density at radius 3 is 2.37 bits per heavy atom. The molecule has 2 heterocycles. The molecule has 8 nitrogen and oxygen atoms in total. The molecule has 2 saturated heterocycles. The number of sulfonamides is 1. The molecule has 0 N–H and O–H groups in total. The molecule has 0 spiro atoms. The van der Waals surface area contributed by atoms with Crippen LogP contribution in [0.25, 0.3) is 0 Å². The van der Waals surface area contributed by atoms with Crippen molar-refractivity contribution in [2.24, 2.45) is 0 Å². The molecule has 1 atom stereocenters. The van der Waals surface area contributed by atoms with Crippen molar-refractivity contribution >= 4 is 21.8 Å². The van der Waals surface area contributed by atoms with Gasteiger partial charge in [0.05, 0.1) is 18.5 Å². The summed E-state index contributed by atoms with van der Waals surface area (Å²) >= 11 is 0. The number of anilines is 1. The summed E-state index contributed by atoms with van der Waals surface area (Å²) in [6.45, 7) is 9.04. The number of piperidine rings is 1. The fourth-order valence-electron chi connectivity index (χ4n) is 3.76. The van der Waals surface area contributed by atoms with E-state index in [1.807, 2.05) is 45.0 Å².